The van der Waals surface area contributed by atoms with Crippen LogP contribution >= 0.6 is 0 Å². The molecule has 2 aliphatic heterocycles. The number of carbonyl (C=O) groups is 2. The molecule has 2 saturated heterocycles. The summed E-state index contributed by atoms with van der Waals surface area (Å²) in [5.41, 5.74) is -0.696. The number of aliphatic carboxylic acids is 1. The number of piperazine rings is 1. The van der Waals surface area contributed by atoms with Gasteiger partial charge in [-0.2, -0.15) is 0 Å². The van der Waals surface area contributed by atoms with E-state index in [4.69, 9.17) is 4.74 Å². The zero-order valence-corrected chi connectivity index (χ0v) is 13.0. The number of hydrogen-bond acceptors (Lipinski definition) is 5. The molecule has 7 heteroatoms. The standard InChI is InChI=1S/C14H25N3O4/c1-14(2,16-6-4-15-5-7-16)13(20)17-9-10(21-3)8-11(17)12(18)19/h10-11,15H,4-9H2,1-3H3,(H,18,19). The van der Waals surface area contributed by atoms with E-state index in [-0.39, 0.29) is 12.0 Å². The van der Waals surface area contributed by atoms with Crippen molar-refractivity contribution >= 4 is 11.9 Å². The van der Waals surface area contributed by atoms with Crippen LogP contribution in [0.15, 0.2) is 0 Å². The summed E-state index contributed by atoms with van der Waals surface area (Å²) >= 11 is 0. The highest BCUT2D eigenvalue weighted by molar-refractivity contribution is 5.90. The largest absolute Gasteiger partial charge is 0.480 e. The lowest BCUT2D eigenvalue weighted by atomic mass is 9.99. The molecule has 2 unspecified atom stereocenters. The lowest BCUT2D eigenvalue weighted by molar-refractivity contribution is -0.153. The number of methoxy groups -OCH3 is 1. The van der Waals surface area contributed by atoms with E-state index in [0.717, 1.165) is 26.2 Å². The van der Waals surface area contributed by atoms with E-state index in [2.05, 4.69) is 10.2 Å². The van der Waals surface area contributed by atoms with E-state index < -0.39 is 17.6 Å². The van der Waals surface area contributed by atoms with Crippen molar-refractivity contribution in [1.82, 2.24) is 15.1 Å². The smallest absolute Gasteiger partial charge is 0.326 e. The van der Waals surface area contributed by atoms with Crippen LogP contribution in [0.1, 0.15) is 20.3 Å². The van der Waals surface area contributed by atoms with Gasteiger partial charge < -0.3 is 20.1 Å². The van der Waals surface area contributed by atoms with Crippen LogP contribution in [0.5, 0.6) is 0 Å². The van der Waals surface area contributed by atoms with Crippen LogP contribution in [0, 0.1) is 0 Å². The number of hydrogen-bond donors (Lipinski definition) is 2. The lowest BCUT2D eigenvalue weighted by Gasteiger charge is -2.42. The molecule has 2 N–H and O–H groups in total. The van der Waals surface area contributed by atoms with Crippen molar-refractivity contribution in [3.63, 3.8) is 0 Å². The Balaban J connectivity index is 2.14. The molecule has 0 aliphatic carbocycles. The third-order valence-electron chi connectivity index (χ3n) is 4.57. The zero-order chi connectivity index (χ0) is 15.6. The third-order valence-corrected chi connectivity index (χ3v) is 4.57. The molecular formula is C14H25N3O4. The minimum atomic E-state index is -0.959. The fourth-order valence-corrected chi connectivity index (χ4v) is 3.14. The van der Waals surface area contributed by atoms with E-state index in [1.807, 2.05) is 13.8 Å². The van der Waals surface area contributed by atoms with Gasteiger partial charge in [0.25, 0.3) is 0 Å². The van der Waals surface area contributed by atoms with Crippen LogP contribution in [-0.4, -0.2) is 84.3 Å². The van der Waals surface area contributed by atoms with Gasteiger partial charge in [-0.15, -0.1) is 0 Å². The predicted octanol–water partition coefficient (Wildman–Crippen LogP) is -0.629. The maximum absolute atomic E-state index is 12.9. The Kier molecular flexibility index (Phi) is 4.85. The third kappa shape index (κ3) is 3.20. The predicted molar refractivity (Wildman–Crippen MR) is 77.1 cm³/mol. The molecule has 0 bridgehead atoms. The second kappa shape index (κ2) is 6.29. The van der Waals surface area contributed by atoms with Gasteiger partial charge in [0.1, 0.15) is 6.04 Å². The molecule has 7 nitrogen and oxygen atoms in total. The Morgan fingerprint density at radius 3 is 2.43 bits per heavy atom. The average molecular weight is 299 g/mol. The number of carbonyl (C=O) groups excluding carboxylic acids is 1. The molecule has 0 aromatic heterocycles. The Labute approximate surface area is 125 Å². The second-order valence-electron chi connectivity index (χ2n) is 6.20. The van der Waals surface area contributed by atoms with E-state index >= 15 is 0 Å². The summed E-state index contributed by atoms with van der Waals surface area (Å²) < 4.78 is 5.25. The summed E-state index contributed by atoms with van der Waals surface area (Å²) in [6, 6.07) is -0.787. The molecule has 0 spiro atoms. The van der Waals surface area contributed by atoms with Crippen LogP contribution in [0.3, 0.4) is 0 Å². The van der Waals surface area contributed by atoms with E-state index in [9.17, 15) is 14.7 Å². The van der Waals surface area contributed by atoms with Gasteiger partial charge in [0, 0.05) is 46.3 Å². The van der Waals surface area contributed by atoms with Crippen molar-refractivity contribution in [2.45, 2.75) is 38.0 Å². The summed E-state index contributed by atoms with van der Waals surface area (Å²) in [5.74, 6) is -1.09. The molecular weight excluding hydrogens is 274 g/mol. The van der Waals surface area contributed by atoms with Crippen molar-refractivity contribution in [3.05, 3.63) is 0 Å². The highest BCUT2D eigenvalue weighted by Crippen LogP contribution is 2.26. The number of nitrogens with zero attached hydrogens (tertiary/aromatic N) is 2. The van der Waals surface area contributed by atoms with E-state index in [1.54, 1.807) is 7.11 Å². The van der Waals surface area contributed by atoms with Gasteiger partial charge in [-0.05, 0) is 13.8 Å². The summed E-state index contributed by atoms with van der Waals surface area (Å²) in [4.78, 5) is 27.9. The Bertz CT molecular complexity index is 407. The molecule has 2 atom stereocenters. The SMILES string of the molecule is COC1CC(C(=O)O)N(C(=O)C(C)(C)N2CCNCC2)C1. The summed E-state index contributed by atoms with van der Waals surface area (Å²) in [6.07, 6.45) is 0.156. The van der Waals surface area contributed by atoms with Crippen molar-refractivity contribution in [1.29, 1.82) is 0 Å². The molecule has 2 heterocycles. The first-order valence-electron chi connectivity index (χ1n) is 7.40. The van der Waals surface area contributed by atoms with Gasteiger partial charge in [-0.1, -0.05) is 0 Å². The van der Waals surface area contributed by atoms with Crippen molar-refractivity contribution in [2.24, 2.45) is 0 Å². The van der Waals surface area contributed by atoms with Gasteiger partial charge in [0.2, 0.25) is 5.91 Å². The highest BCUT2D eigenvalue weighted by atomic mass is 16.5. The van der Waals surface area contributed by atoms with Crippen LogP contribution in [0.25, 0.3) is 0 Å². The zero-order valence-electron chi connectivity index (χ0n) is 13.0. The number of ether oxygens (including phenoxy) is 1. The molecule has 0 aromatic carbocycles. The van der Waals surface area contributed by atoms with Gasteiger partial charge in [0.05, 0.1) is 11.6 Å². The lowest BCUT2D eigenvalue weighted by Crippen LogP contribution is -2.61. The molecule has 0 aromatic rings. The quantitative estimate of drug-likeness (QED) is 0.719. The number of likely N-dealkylation sites (tertiary alicyclic amines) is 1. The van der Waals surface area contributed by atoms with Crippen LogP contribution in [0.2, 0.25) is 0 Å². The number of carboxylic acid groups (broad SMARTS) is 1. The van der Waals surface area contributed by atoms with Crippen molar-refractivity contribution in [2.75, 3.05) is 39.8 Å². The summed E-state index contributed by atoms with van der Waals surface area (Å²) in [6.45, 7) is 7.37. The Hall–Kier alpha value is -1.18. The Morgan fingerprint density at radius 1 is 1.29 bits per heavy atom. The normalized spacial score (nSPS) is 27.9. The Morgan fingerprint density at radius 2 is 1.90 bits per heavy atom. The summed E-state index contributed by atoms with van der Waals surface area (Å²) in [5, 5.41) is 12.6. The minimum absolute atomic E-state index is 0.128. The van der Waals surface area contributed by atoms with Crippen molar-refractivity contribution < 1.29 is 19.4 Å². The fourth-order valence-electron chi connectivity index (χ4n) is 3.14. The van der Waals surface area contributed by atoms with Crippen molar-refractivity contribution in [3.8, 4) is 0 Å². The van der Waals surface area contributed by atoms with Gasteiger partial charge in [0.15, 0.2) is 0 Å². The fraction of sp³-hybridized carbons (Fsp3) is 0.857. The van der Waals surface area contributed by atoms with Crippen LogP contribution in [0.4, 0.5) is 0 Å². The highest BCUT2D eigenvalue weighted by Gasteiger charge is 2.46. The van der Waals surface area contributed by atoms with E-state index in [0.29, 0.717) is 13.0 Å². The molecule has 0 saturated carbocycles. The van der Waals surface area contributed by atoms with Crippen LogP contribution < -0.4 is 5.32 Å². The molecule has 1 amide bonds. The second-order valence-corrected chi connectivity index (χ2v) is 6.20. The topological polar surface area (TPSA) is 82.1 Å². The number of nitrogens with one attached hydrogen (secondary N) is 1. The molecule has 0 radical (unpaired) electrons. The van der Waals surface area contributed by atoms with E-state index in [1.165, 1.54) is 4.90 Å². The van der Waals surface area contributed by atoms with Gasteiger partial charge >= 0.3 is 5.97 Å². The first-order valence-corrected chi connectivity index (χ1v) is 7.40. The number of amides is 1. The molecule has 2 aliphatic rings. The number of rotatable bonds is 4. The maximum Gasteiger partial charge on any atom is 0.326 e. The maximum atomic E-state index is 12.9. The first-order chi connectivity index (χ1) is 9.87. The molecule has 2 rings (SSSR count). The number of carboxylic acids is 1. The van der Waals surface area contributed by atoms with Gasteiger partial charge in [-0.25, -0.2) is 4.79 Å². The van der Waals surface area contributed by atoms with Crippen LogP contribution in [-0.2, 0) is 14.3 Å². The first kappa shape index (κ1) is 16.2. The molecule has 2 fully saturated rings. The minimum Gasteiger partial charge on any atom is -0.480 e. The average Bonchev–Trinajstić information content (AvgIpc) is 2.91. The summed E-state index contributed by atoms with van der Waals surface area (Å²) in [7, 11) is 1.55. The monoisotopic (exact) mass is 299 g/mol. The molecule has 21 heavy (non-hydrogen) atoms. The van der Waals surface area contributed by atoms with Gasteiger partial charge in [-0.3, -0.25) is 9.69 Å². The molecule has 120 valence electrons.